The van der Waals surface area contributed by atoms with E-state index in [0.717, 1.165) is 43.3 Å². The molecular formula is C24H35FO. The normalized spacial score (nSPS) is 34.2. The zero-order valence-corrected chi connectivity index (χ0v) is 16.6. The van der Waals surface area contributed by atoms with E-state index in [1.807, 2.05) is 6.07 Å². The molecule has 0 spiro atoms. The maximum atomic E-state index is 14.7. The first kappa shape index (κ1) is 18.5. The molecule has 0 radical (unpaired) electrons. The molecule has 2 heteroatoms. The summed E-state index contributed by atoms with van der Waals surface area (Å²) in [5.74, 6) is 2.94. The van der Waals surface area contributed by atoms with Gasteiger partial charge in [0.2, 0.25) is 0 Å². The molecule has 0 amide bonds. The summed E-state index contributed by atoms with van der Waals surface area (Å²) in [6, 6.07) is 4.25. The molecule has 0 N–H and O–H groups in total. The van der Waals surface area contributed by atoms with E-state index in [2.05, 4.69) is 19.9 Å². The van der Waals surface area contributed by atoms with E-state index in [1.54, 1.807) is 0 Å². The fourth-order valence-electron chi connectivity index (χ4n) is 5.84. The van der Waals surface area contributed by atoms with Crippen molar-refractivity contribution in [2.24, 2.45) is 17.8 Å². The minimum Gasteiger partial charge on any atom is -0.378 e. The highest BCUT2D eigenvalue weighted by Gasteiger charge is 2.36. The van der Waals surface area contributed by atoms with Crippen molar-refractivity contribution >= 4 is 0 Å². The van der Waals surface area contributed by atoms with Crippen molar-refractivity contribution in [3.05, 3.63) is 34.6 Å². The van der Waals surface area contributed by atoms with Crippen molar-refractivity contribution in [2.75, 3.05) is 6.61 Å². The highest BCUT2D eigenvalue weighted by Crippen LogP contribution is 2.47. The maximum Gasteiger partial charge on any atom is 0.126 e. The van der Waals surface area contributed by atoms with E-state index in [0.29, 0.717) is 17.9 Å². The highest BCUT2D eigenvalue weighted by atomic mass is 19.1. The number of halogens is 1. The molecule has 5 atom stereocenters. The monoisotopic (exact) mass is 358 g/mol. The maximum absolute atomic E-state index is 14.7. The number of rotatable bonds is 4. The van der Waals surface area contributed by atoms with Gasteiger partial charge in [0.25, 0.3) is 0 Å². The van der Waals surface area contributed by atoms with E-state index in [-0.39, 0.29) is 5.82 Å². The van der Waals surface area contributed by atoms with Gasteiger partial charge < -0.3 is 4.74 Å². The molecular weight excluding hydrogens is 323 g/mol. The fraction of sp³-hybridized carbons (Fsp3) is 0.750. The van der Waals surface area contributed by atoms with Gasteiger partial charge in [0, 0.05) is 6.61 Å². The van der Waals surface area contributed by atoms with Crippen molar-refractivity contribution in [3.8, 4) is 0 Å². The second kappa shape index (κ2) is 8.00. The Morgan fingerprint density at radius 3 is 2.69 bits per heavy atom. The molecule has 4 rings (SSSR count). The molecule has 0 heterocycles. The van der Waals surface area contributed by atoms with Crippen LogP contribution in [-0.4, -0.2) is 12.7 Å². The van der Waals surface area contributed by atoms with Gasteiger partial charge in [-0.2, -0.15) is 0 Å². The SMILES string of the molecule is CCCOC1CCC2CC(c3cc(F)c4c(c3)CCC(C)C4)CCC2C1. The summed E-state index contributed by atoms with van der Waals surface area (Å²) in [6.45, 7) is 5.35. The number of aryl methyl sites for hydroxylation is 1. The van der Waals surface area contributed by atoms with E-state index >= 15 is 0 Å². The molecule has 0 saturated heterocycles. The van der Waals surface area contributed by atoms with E-state index in [1.165, 1.54) is 56.1 Å². The van der Waals surface area contributed by atoms with Crippen molar-refractivity contribution < 1.29 is 9.13 Å². The molecule has 26 heavy (non-hydrogen) atoms. The zero-order valence-electron chi connectivity index (χ0n) is 16.6. The third-order valence-electron chi connectivity index (χ3n) is 7.36. The molecule has 1 aromatic rings. The summed E-state index contributed by atoms with van der Waals surface area (Å²) in [6.07, 6.45) is 12.4. The van der Waals surface area contributed by atoms with Gasteiger partial charge in [-0.05, 0) is 111 Å². The molecule has 2 saturated carbocycles. The number of hydrogen-bond acceptors (Lipinski definition) is 1. The Balaban J connectivity index is 1.43. The van der Waals surface area contributed by atoms with Gasteiger partial charge in [-0.25, -0.2) is 4.39 Å². The van der Waals surface area contributed by atoms with Crippen LogP contribution >= 0.6 is 0 Å². The Hall–Kier alpha value is -0.890. The van der Waals surface area contributed by atoms with Crippen LogP contribution in [0, 0.1) is 23.6 Å². The number of ether oxygens (including phenoxy) is 1. The second-order valence-electron chi connectivity index (χ2n) is 9.32. The van der Waals surface area contributed by atoms with Crippen LogP contribution in [0.5, 0.6) is 0 Å². The Labute approximate surface area is 158 Å². The highest BCUT2D eigenvalue weighted by molar-refractivity contribution is 5.37. The minimum absolute atomic E-state index is 0.0721. The lowest BCUT2D eigenvalue weighted by Crippen LogP contribution is -2.34. The quantitative estimate of drug-likeness (QED) is 0.602. The topological polar surface area (TPSA) is 9.23 Å². The van der Waals surface area contributed by atoms with Crippen LogP contribution < -0.4 is 0 Å². The van der Waals surface area contributed by atoms with Gasteiger partial charge in [0.05, 0.1) is 6.10 Å². The van der Waals surface area contributed by atoms with Gasteiger partial charge in [-0.3, -0.25) is 0 Å². The van der Waals surface area contributed by atoms with Crippen LogP contribution in [0.4, 0.5) is 4.39 Å². The lowest BCUT2D eigenvalue weighted by molar-refractivity contribution is -0.0147. The Morgan fingerprint density at radius 2 is 1.85 bits per heavy atom. The van der Waals surface area contributed by atoms with Gasteiger partial charge >= 0.3 is 0 Å². The predicted octanol–water partition coefficient (Wildman–Crippen LogP) is 6.43. The molecule has 0 bridgehead atoms. The zero-order chi connectivity index (χ0) is 18.1. The van der Waals surface area contributed by atoms with Gasteiger partial charge in [0.1, 0.15) is 5.82 Å². The summed E-state index contributed by atoms with van der Waals surface area (Å²) >= 11 is 0. The van der Waals surface area contributed by atoms with Crippen LogP contribution in [0.15, 0.2) is 12.1 Å². The predicted molar refractivity (Wildman–Crippen MR) is 105 cm³/mol. The smallest absolute Gasteiger partial charge is 0.126 e. The van der Waals surface area contributed by atoms with E-state index in [9.17, 15) is 4.39 Å². The second-order valence-corrected chi connectivity index (χ2v) is 9.32. The Bertz CT molecular complexity index is 625. The van der Waals surface area contributed by atoms with Crippen molar-refractivity contribution in [3.63, 3.8) is 0 Å². The van der Waals surface area contributed by atoms with Crippen molar-refractivity contribution in [2.45, 2.75) is 90.1 Å². The summed E-state index contributed by atoms with van der Waals surface area (Å²) in [5, 5.41) is 0. The van der Waals surface area contributed by atoms with Crippen molar-refractivity contribution in [1.29, 1.82) is 0 Å². The molecule has 5 unspecified atom stereocenters. The molecule has 144 valence electrons. The van der Waals surface area contributed by atoms with Crippen LogP contribution in [0.1, 0.15) is 87.8 Å². The molecule has 3 aliphatic rings. The Morgan fingerprint density at radius 1 is 1.04 bits per heavy atom. The molecule has 2 fully saturated rings. The molecule has 3 aliphatic carbocycles. The van der Waals surface area contributed by atoms with E-state index < -0.39 is 0 Å². The van der Waals surface area contributed by atoms with Crippen LogP contribution in [0.3, 0.4) is 0 Å². The standard InChI is InChI=1S/C24H35FO/c1-3-10-26-22-9-8-17-12-18(6-7-19(17)14-22)21-13-20-5-4-16(2)11-23(20)24(25)15-21/h13,15-19,22H,3-12,14H2,1-2H3. The average Bonchev–Trinajstić information content (AvgIpc) is 2.66. The van der Waals surface area contributed by atoms with E-state index in [4.69, 9.17) is 4.74 Å². The first-order valence-corrected chi connectivity index (χ1v) is 11.1. The summed E-state index contributed by atoms with van der Waals surface area (Å²) in [7, 11) is 0. The summed E-state index contributed by atoms with van der Waals surface area (Å²) in [4.78, 5) is 0. The Kier molecular flexibility index (Phi) is 5.69. The van der Waals surface area contributed by atoms with Crippen molar-refractivity contribution in [1.82, 2.24) is 0 Å². The minimum atomic E-state index is 0.0721. The first-order valence-electron chi connectivity index (χ1n) is 11.1. The summed E-state index contributed by atoms with van der Waals surface area (Å²) in [5.41, 5.74) is 3.60. The summed E-state index contributed by atoms with van der Waals surface area (Å²) < 4.78 is 20.8. The van der Waals surface area contributed by atoms with Gasteiger partial charge in [0.15, 0.2) is 0 Å². The molecule has 1 nitrogen and oxygen atoms in total. The van der Waals surface area contributed by atoms with Crippen LogP contribution in [0.25, 0.3) is 0 Å². The lowest BCUT2D eigenvalue weighted by atomic mass is 9.65. The first-order chi connectivity index (χ1) is 12.6. The molecule has 0 aliphatic heterocycles. The number of hydrogen-bond donors (Lipinski definition) is 0. The molecule has 1 aromatic carbocycles. The average molecular weight is 359 g/mol. The van der Waals surface area contributed by atoms with Gasteiger partial charge in [-0.15, -0.1) is 0 Å². The van der Waals surface area contributed by atoms with Crippen LogP contribution in [-0.2, 0) is 17.6 Å². The molecule has 0 aromatic heterocycles. The lowest BCUT2D eigenvalue weighted by Gasteiger charge is -2.42. The van der Waals surface area contributed by atoms with Crippen LogP contribution in [0.2, 0.25) is 0 Å². The number of benzene rings is 1. The largest absolute Gasteiger partial charge is 0.378 e. The van der Waals surface area contributed by atoms with Gasteiger partial charge in [-0.1, -0.05) is 19.9 Å². The third kappa shape index (κ3) is 3.86. The number of fused-ring (bicyclic) bond motifs is 2. The fourth-order valence-corrected chi connectivity index (χ4v) is 5.84. The third-order valence-corrected chi connectivity index (χ3v) is 7.36.